The van der Waals surface area contributed by atoms with Gasteiger partial charge in [-0.1, -0.05) is 132 Å². The fourth-order valence-electron chi connectivity index (χ4n) is 6.74. The minimum Gasteiger partial charge on any atom is -0.379 e. The summed E-state index contributed by atoms with van der Waals surface area (Å²) in [5.41, 5.74) is 6.51. The van der Waals surface area contributed by atoms with E-state index < -0.39 is 18.1 Å². The Kier molecular flexibility index (Phi) is 13.0. The first-order chi connectivity index (χ1) is 23.2. The molecule has 5 rings (SSSR count). The van der Waals surface area contributed by atoms with Crippen LogP contribution in [0.4, 0.5) is 13.2 Å². The summed E-state index contributed by atoms with van der Waals surface area (Å²) >= 11 is 0. The number of pyridine rings is 1. The van der Waals surface area contributed by atoms with Gasteiger partial charge in [0.2, 0.25) is 0 Å². The third-order valence-corrected chi connectivity index (χ3v) is 8.96. The van der Waals surface area contributed by atoms with E-state index in [4.69, 9.17) is 0 Å². The van der Waals surface area contributed by atoms with Crippen molar-refractivity contribution in [2.75, 3.05) is 6.54 Å². The predicted molar refractivity (Wildman–Crippen MR) is 191 cm³/mol. The van der Waals surface area contributed by atoms with Crippen LogP contribution in [0, 0.1) is 0 Å². The van der Waals surface area contributed by atoms with Crippen LogP contribution in [0.15, 0.2) is 109 Å². The number of aromatic nitrogens is 1. The van der Waals surface area contributed by atoms with Crippen LogP contribution in [0.1, 0.15) is 93.6 Å². The van der Waals surface area contributed by atoms with Crippen LogP contribution in [0.5, 0.6) is 0 Å². The number of unbranched alkanes of at least 4 members (excludes halogenated alkanes) is 2. The van der Waals surface area contributed by atoms with Gasteiger partial charge in [0.1, 0.15) is 6.54 Å². The molecule has 1 heterocycles. The minimum atomic E-state index is -4.27. The van der Waals surface area contributed by atoms with Crippen molar-refractivity contribution in [2.45, 2.75) is 89.8 Å². The van der Waals surface area contributed by atoms with Gasteiger partial charge >= 0.3 is 6.18 Å². The summed E-state index contributed by atoms with van der Waals surface area (Å²) in [5.74, 6) is -0.00634. The SMILES string of the molecule is C=C(NCC(F)(F)F)C1(CCCCC)c2ccccc2-c2ccccc21.CCCC(CCC)NC(=O)c1ccccc1-c1ccccn1. The molecule has 0 unspecified atom stereocenters. The number of alkyl halides is 3. The lowest BCUT2D eigenvalue weighted by Crippen LogP contribution is -2.39. The highest BCUT2D eigenvalue weighted by atomic mass is 19.4. The molecule has 0 radical (unpaired) electrons. The van der Waals surface area contributed by atoms with Crippen molar-refractivity contribution in [1.29, 1.82) is 0 Å². The van der Waals surface area contributed by atoms with Gasteiger partial charge in [0.25, 0.3) is 5.91 Å². The van der Waals surface area contributed by atoms with Crippen LogP contribution in [0.25, 0.3) is 22.4 Å². The first kappa shape index (κ1) is 36.4. The number of amides is 1. The number of rotatable bonds is 14. The molecule has 254 valence electrons. The monoisotopic (exact) mass is 655 g/mol. The van der Waals surface area contributed by atoms with Crippen molar-refractivity contribution >= 4 is 5.91 Å². The van der Waals surface area contributed by atoms with Crippen molar-refractivity contribution < 1.29 is 18.0 Å². The largest absolute Gasteiger partial charge is 0.405 e. The molecule has 0 atom stereocenters. The highest BCUT2D eigenvalue weighted by Crippen LogP contribution is 2.54. The second-order valence-corrected chi connectivity index (χ2v) is 12.4. The first-order valence-corrected chi connectivity index (χ1v) is 17.2. The Labute approximate surface area is 283 Å². The minimum absolute atomic E-state index is 0.00634. The fourth-order valence-corrected chi connectivity index (χ4v) is 6.74. The summed E-state index contributed by atoms with van der Waals surface area (Å²) in [6.45, 7) is 9.44. The summed E-state index contributed by atoms with van der Waals surface area (Å²) in [6.07, 6.45) is 5.45. The highest BCUT2D eigenvalue weighted by Gasteiger charge is 2.45. The van der Waals surface area contributed by atoms with Crippen molar-refractivity contribution in [3.8, 4) is 22.4 Å². The van der Waals surface area contributed by atoms with Crippen molar-refractivity contribution in [3.63, 3.8) is 0 Å². The van der Waals surface area contributed by atoms with Gasteiger partial charge in [-0.2, -0.15) is 13.2 Å². The van der Waals surface area contributed by atoms with Gasteiger partial charge in [0.15, 0.2) is 0 Å². The van der Waals surface area contributed by atoms with E-state index in [2.05, 4.69) is 43.0 Å². The van der Waals surface area contributed by atoms with Crippen molar-refractivity contribution in [1.82, 2.24) is 15.6 Å². The highest BCUT2D eigenvalue weighted by molar-refractivity contribution is 6.00. The molecule has 4 nitrogen and oxygen atoms in total. The molecule has 4 aromatic rings. The van der Waals surface area contributed by atoms with Gasteiger partial charge in [0.05, 0.1) is 11.1 Å². The zero-order valence-electron chi connectivity index (χ0n) is 28.4. The average molecular weight is 656 g/mol. The number of benzene rings is 3. The Morgan fingerprint density at radius 2 is 1.33 bits per heavy atom. The zero-order chi connectivity index (χ0) is 34.6. The van der Waals surface area contributed by atoms with Crippen LogP contribution in [-0.4, -0.2) is 29.7 Å². The van der Waals surface area contributed by atoms with Gasteiger partial charge in [0, 0.05) is 29.1 Å². The van der Waals surface area contributed by atoms with Crippen LogP contribution in [0.2, 0.25) is 0 Å². The lowest BCUT2D eigenvalue weighted by molar-refractivity contribution is -0.123. The summed E-state index contributed by atoms with van der Waals surface area (Å²) in [4.78, 5) is 17.0. The maximum atomic E-state index is 12.8. The van der Waals surface area contributed by atoms with E-state index in [-0.39, 0.29) is 11.9 Å². The third-order valence-electron chi connectivity index (χ3n) is 8.96. The molecular formula is C41H48F3N3O. The van der Waals surface area contributed by atoms with E-state index >= 15 is 0 Å². The van der Waals surface area contributed by atoms with E-state index in [0.717, 1.165) is 84.9 Å². The summed E-state index contributed by atoms with van der Waals surface area (Å²) in [7, 11) is 0. The van der Waals surface area contributed by atoms with E-state index in [1.165, 1.54) is 0 Å². The van der Waals surface area contributed by atoms with Crippen LogP contribution < -0.4 is 10.6 Å². The second-order valence-electron chi connectivity index (χ2n) is 12.4. The smallest absolute Gasteiger partial charge is 0.379 e. The standard InChI is InChI=1S/C22H24F3N.C19H24N2O/c1-3-4-9-14-21(16(2)26-15-22(23,24)25)19-12-7-5-10-17(19)18-11-6-8-13-20(18)21;1-3-9-15(10-4-2)21-19(22)17-12-6-5-11-16(17)18-13-7-8-14-20-18/h5-8,10-13,26H,2-4,9,14-15H2,1H3;5-8,11-15H,3-4,9-10H2,1-2H3,(H,21,22). The number of fused-ring (bicyclic) bond motifs is 3. The Morgan fingerprint density at radius 1 is 0.771 bits per heavy atom. The third kappa shape index (κ3) is 8.74. The number of carbonyl (C=O) groups is 1. The second kappa shape index (κ2) is 17.1. The molecule has 1 aliphatic rings. The van der Waals surface area contributed by atoms with Crippen molar-refractivity contribution in [2.24, 2.45) is 0 Å². The Morgan fingerprint density at radius 3 is 1.88 bits per heavy atom. The fraction of sp³-hybridized carbons (Fsp3) is 0.366. The molecule has 0 aliphatic heterocycles. The molecule has 1 aromatic heterocycles. The molecular weight excluding hydrogens is 607 g/mol. The lowest BCUT2D eigenvalue weighted by Gasteiger charge is -2.35. The normalized spacial score (nSPS) is 12.8. The quantitative estimate of drug-likeness (QED) is 0.133. The Bertz CT molecular complexity index is 1580. The first-order valence-electron chi connectivity index (χ1n) is 17.2. The van der Waals surface area contributed by atoms with E-state index in [9.17, 15) is 18.0 Å². The van der Waals surface area contributed by atoms with Gasteiger partial charge in [-0.05, 0) is 59.7 Å². The zero-order valence-corrected chi connectivity index (χ0v) is 28.4. The molecule has 0 saturated carbocycles. The maximum Gasteiger partial charge on any atom is 0.405 e. The molecule has 0 fully saturated rings. The summed E-state index contributed by atoms with van der Waals surface area (Å²) in [6, 6.07) is 29.7. The van der Waals surface area contributed by atoms with Crippen LogP contribution in [0.3, 0.4) is 0 Å². The maximum absolute atomic E-state index is 12.8. The molecule has 0 bridgehead atoms. The van der Waals surface area contributed by atoms with Crippen molar-refractivity contribution in [3.05, 3.63) is 126 Å². The molecule has 1 aliphatic carbocycles. The van der Waals surface area contributed by atoms with E-state index in [0.29, 0.717) is 11.3 Å². The number of allylic oxidation sites excluding steroid dienone is 1. The number of carbonyl (C=O) groups excluding carboxylic acids is 1. The van der Waals surface area contributed by atoms with Crippen LogP contribution >= 0.6 is 0 Å². The van der Waals surface area contributed by atoms with E-state index in [1.54, 1.807) is 6.20 Å². The number of hydrogen-bond donors (Lipinski definition) is 2. The Hall–Kier alpha value is -4.39. The number of nitrogens with one attached hydrogen (secondary N) is 2. The van der Waals surface area contributed by atoms with Gasteiger partial charge in [-0.15, -0.1) is 0 Å². The number of nitrogens with zero attached hydrogens (tertiary/aromatic N) is 1. The van der Waals surface area contributed by atoms with Gasteiger partial charge < -0.3 is 10.6 Å². The van der Waals surface area contributed by atoms with Gasteiger partial charge in [-0.25, -0.2) is 0 Å². The van der Waals surface area contributed by atoms with E-state index in [1.807, 2.05) is 91.0 Å². The lowest BCUT2D eigenvalue weighted by atomic mass is 9.72. The summed E-state index contributed by atoms with van der Waals surface area (Å²) < 4.78 is 38.5. The molecule has 0 spiro atoms. The number of hydrogen-bond acceptors (Lipinski definition) is 3. The average Bonchev–Trinajstić information content (AvgIpc) is 3.38. The topological polar surface area (TPSA) is 54.0 Å². The van der Waals surface area contributed by atoms with Crippen LogP contribution in [-0.2, 0) is 5.41 Å². The summed E-state index contributed by atoms with van der Waals surface area (Å²) in [5, 5.41) is 5.77. The molecule has 1 amide bonds. The Balaban J connectivity index is 0.000000220. The number of halogens is 3. The molecule has 7 heteroatoms. The van der Waals surface area contributed by atoms with Gasteiger partial charge in [-0.3, -0.25) is 9.78 Å². The predicted octanol–water partition coefficient (Wildman–Crippen LogP) is 10.6. The molecule has 3 aromatic carbocycles. The molecule has 0 saturated heterocycles. The molecule has 48 heavy (non-hydrogen) atoms. The molecule has 2 N–H and O–H groups in total.